The van der Waals surface area contributed by atoms with Crippen molar-refractivity contribution < 1.29 is 19.4 Å². The lowest BCUT2D eigenvalue weighted by Gasteiger charge is -2.20. The fourth-order valence-electron chi connectivity index (χ4n) is 1.50. The molecule has 108 valence electrons. The lowest BCUT2D eigenvalue weighted by atomic mass is 10.1. The SMILES string of the molecule is COC(C)C.O=C(O)COC1CCCCCNC1. The van der Waals surface area contributed by atoms with Gasteiger partial charge in [0.25, 0.3) is 0 Å². The van der Waals surface area contributed by atoms with Crippen LogP contribution < -0.4 is 5.32 Å². The number of aliphatic carboxylic acids is 1. The largest absolute Gasteiger partial charge is 0.480 e. The lowest BCUT2D eigenvalue weighted by Crippen LogP contribution is -2.32. The quantitative estimate of drug-likeness (QED) is 0.805. The Labute approximate surface area is 110 Å². The molecule has 5 heteroatoms. The molecule has 1 aliphatic rings. The minimum absolute atomic E-state index is 0.0800. The van der Waals surface area contributed by atoms with Crippen molar-refractivity contribution in [2.75, 3.05) is 26.8 Å². The second kappa shape index (κ2) is 11.4. The van der Waals surface area contributed by atoms with Crippen LogP contribution in [-0.4, -0.2) is 50.1 Å². The van der Waals surface area contributed by atoms with E-state index < -0.39 is 5.97 Å². The summed E-state index contributed by atoms with van der Waals surface area (Å²) in [5.74, 6) is -0.887. The van der Waals surface area contributed by atoms with Crippen LogP contribution in [0.15, 0.2) is 0 Å². The predicted octanol–water partition coefficient (Wildman–Crippen LogP) is 1.66. The van der Waals surface area contributed by atoms with Crippen molar-refractivity contribution in [3.63, 3.8) is 0 Å². The zero-order valence-electron chi connectivity index (χ0n) is 11.8. The Morgan fingerprint density at radius 1 is 1.39 bits per heavy atom. The first-order chi connectivity index (χ1) is 8.56. The molecule has 0 aromatic carbocycles. The van der Waals surface area contributed by atoms with Crippen molar-refractivity contribution in [1.29, 1.82) is 0 Å². The van der Waals surface area contributed by atoms with Crippen molar-refractivity contribution in [2.45, 2.75) is 51.7 Å². The van der Waals surface area contributed by atoms with Crippen LogP contribution in [0.4, 0.5) is 0 Å². The summed E-state index contributed by atoms with van der Waals surface area (Å²) in [4.78, 5) is 10.3. The Morgan fingerprint density at radius 3 is 2.61 bits per heavy atom. The summed E-state index contributed by atoms with van der Waals surface area (Å²) in [6, 6.07) is 0. The minimum atomic E-state index is -0.887. The second-order valence-corrected chi connectivity index (χ2v) is 4.66. The molecule has 1 atom stereocenters. The van der Waals surface area contributed by atoms with E-state index in [4.69, 9.17) is 14.6 Å². The molecule has 5 nitrogen and oxygen atoms in total. The van der Waals surface area contributed by atoms with E-state index in [1.807, 2.05) is 13.8 Å². The van der Waals surface area contributed by atoms with Gasteiger partial charge >= 0.3 is 5.97 Å². The van der Waals surface area contributed by atoms with E-state index in [2.05, 4.69) is 5.32 Å². The van der Waals surface area contributed by atoms with Crippen molar-refractivity contribution in [2.24, 2.45) is 0 Å². The van der Waals surface area contributed by atoms with Crippen molar-refractivity contribution in [3.05, 3.63) is 0 Å². The zero-order valence-corrected chi connectivity index (χ0v) is 11.8. The van der Waals surface area contributed by atoms with Crippen LogP contribution in [0.2, 0.25) is 0 Å². The summed E-state index contributed by atoms with van der Waals surface area (Å²) < 4.78 is 9.97. The summed E-state index contributed by atoms with van der Waals surface area (Å²) in [6.07, 6.45) is 5.00. The maximum atomic E-state index is 10.3. The molecule has 0 aliphatic carbocycles. The fraction of sp³-hybridized carbons (Fsp3) is 0.923. The van der Waals surface area contributed by atoms with Gasteiger partial charge in [-0.3, -0.25) is 0 Å². The summed E-state index contributed by atoms with van der Waals surface area (Å²) in [6.45, 7) is 5.63. The van der Waals surface area contributed by atoms with Gasteiger partial charge in [-0.05, 0) is 33.2 Å². The number of methoxy groups -OCH3 is 1. The summed E-state index contributed by atoms with van der Waals surface area (Å²) in [5, 5.41) is 11.7. The second-order valence-electron chi connectivity index (χ2n) is 4.66. The van der Waals surface area contributed by atoms with Crippen LogP contribution in [0, 0.1) is 0 Å². The van der Waals surface area contributed by atoms with E-state index in [0.717, 1.165) is 25.9 Å². The van der Waals surface area contributed by atoms with Crippen molar-refractivity contribution in [3.8, 4) is 0 Å². The van der Waals surface area contributed by atoms with Crippen LogP contribution in [-0.2, 0) is 14.3 Å². The van der Waals surface area contributed by atoms with Crippen molar-refractivity contribution >= 4 is 5.97 Å². The van der Waals surface area contributed by atoms with Gasteiger partial charge in [-0.1, -0.05) is 12.8 Å². The number of carbonyl (C=O) groups is 1. The van der Waals surface area contributed by atoms with Crippen molar-refractivity contribution in [1.82, 2.24) is 5.32 Å². The molecular formula is C13H27NO4. The van der Waals surface area contributed by atoms with Gasteiger partial charge in [-0.2, -0.15) is 0 Å². The average Bonchev–Trinajstić information content (AvgIpc) is 2.28. The minimum Gasteiger partial charge on any atom is -0.480 e. The smallest absolute Gasteiger partial charge is 0.329 e. The molecule has 0 radical (unpaired) electrons. The zero-order chi connectivity index (χ0) is 13.8. The van der Waals surface area contributed by atoms with E-state index in [9.17, 15) is 4.79 Å². The first-order valence-electron chi connectivity index (χ1n) is 6.63. The summed E-state index contributed by atoms with van der Waals surface area (Å²) in [7, 11) is 1.70. The molecule has 0 saturated carbocycles. The molecule has 1 unspecified atom stereocenters. The number of hydrogen-bond donors (Lipinski definition) is 2. The Morgan fingerprint density at radius 2 is 2.06 bits per heavy atom. The molecule has 1 saturated heterocycles. The molecule has 0 aromatic rings. The van der Waals surface area contributed by atoms with Gasteiger partial charge in [0.05, 0.1) is 12.2 Å². The van der Waals surface area contributed by atoms with E-state index in [1.54, 1.807) is 7.11 Å². The van der Waals surface area contributed by atoms with Gasteiger partial charge in [0.1, 0.15) is 6.61 Å². The summed E-state index contributed by atoms with van der Waals surface area (Å²) in [5.41, 5.74) is 0. The predicted molar refractivity (Wildman–Crippen MR) is 70.9 cm³/mol. The highest BCUT2D eigenvalue weighted by Crippen LogP contribution is 2.08. The highest BCUT2D eigenvalue weighted by molar-refractivity contribution is 5.68. The van der Waals surface area contributed by atoms with E-state index in [1.165, 1.54) is 12.8 Å². The third-order valence-electron chi connectivity index (χ3n) is 2.67. The molecule has 0 bridgehead atoms. The Kier molecular flexibility index (Phi) is 11.0. The number of rotatable bonds is 4. The third kappa shape index (κ3) is 11.8. The van der Waals surface area contributed by atoms with Gasteiger partial charge in [-0.25, -0.2) is 4.79 Å². The molecule has 1 rings (SSSR count). The molecule has 0 amide bonds. The number of hydrogen-bond acceptors (Lipinski definition) is 4. The maximum absolute atomic E-state index is 10.3. The first-order valence-corrected chi connectivity index (χ1v) is 6.63. The van der Waals surface area contributed by atoms with Crippen LogP contribution in [0.3, 0.4) is 0 Å². The molecule has 0 spiro atoms. The number of carboxylic acid groups (broad SMARTS) is 1. The van der Waals surface area contributed by atoms with Gasteiger partial charge in [0, 0.05) is 13.7 Å². The normalized spacial score (nSPS) is 20.6. The van der Waals surface area contributed by atoms with Gasteiger partial charge < -0.3 is 19.9 Å². The standard InChI is InChI=1S/C9H17NO3.C4H10O/c11-9(12)7-13-8-4-2-1-3-5-10-6-8;1-4(2)5-3/h8,10H,1-7H2,(H,11,12);4H,1-3H3. The van der Waals surface area contributed by atoms with Gasteiger partial charge in [0.15, 0.2) is 0 Å². The van der Waals surface area contributed by atoms with Gasteiger partial charge in [-0.15, -0.1) is 0 Å². The number of carboxylic acids is 1. The molecular weight excluding hydrogens is 234 g/mol. The van der Waals surface area contributed by atoms with Crippen LogP contribution in [0.5, 0.6) is 0 Å². The Bertz CT molecular complexity index is 201. The maximum Gasteiger partial charge on any atom is 0.329 e. The molecule has 0 aromatic heterocycles. The monoisotopic (exact) mass is 261 g/mol. The lowest BCUT2D eigenvalue weighted by molar-refractivity contribution is -0.144. The van der Waals surface area contributed by atoms with Gasteiger partial charge in [0.2, 0.25) is 0 Å². The average molecular weight is 261 g/mol. The topological polar surface area (TPSA) is 67.8 Å². The number of ether oxygens (including phenoxy) is 2. The fourth-order valence-corrected chi connectivity index (χ4v) is 1.50. The van der Waals surface area contributed by atoms with E-state index in [0.29, 0.717) is 6.10 Å². The van der Waals surface area contributed by atoms with E-state index >= 15 is 0 Å². The number of nitrogens with one attached hydrogen (secondary N) is 1. The molecule has 1 fully saturated rings. The Hall–Kier alpha value is -0.650. The van der Waals surface area contributed by atoms with Crippen LogP contribution >= 0.6 is 0 Å². The Balaban J connectivity index is 0.000000494. The molecule has 1 heterocycles. The first kappa shape index (κ1) is 17.4. The highest BCUT2D eigenvalue weighted by Gasteiger charge is 2.12. The molecule has 2 N–H and O–H groups in total. The van der Waals surface area contributed by atoms with Crippen LogP contribution in [0.1, 0.15) is 39.5 Å². The highest BCUT2D eigenvalue weighted by atomic mass is 16.5. The van der Waals surface area contributed by atoms with E-state index in [-0.39, 0.29) is 12.7 Å². The molecule has 1 aliphatic heterocycles. The summed E-state index contributed by atoms with van der Waals surface area (Å²) >= 11 is 0. The van der Waals surface area contributed by atoms with Crippen LogP contribution in [0.25, 0.3) is 0 Å². The molecule has 18 heavy (non-hydrogen) atoms. The third-order valence-corrected chi connectivity index (χ3v) is 2.67.